The Labute approximate surface area is 183 Å². The van der Waals surface area contributed by atoms with Crippen LogP contribution in [-0.2, 0) is 23.1 Å². The van der Waals surface area contributed by atoms with Crippen molar-refractivity contribution in [2.24, 2.45) is 0 Å². The minimum absolute atomic E-state index is 0.117. The number of nitrogens with one attached hydrogen (secondary N) is 1. The summed E-state index contributed by atoms with van der Waals surface area (Å²) in [4.78, 5) is 13.0. The van der Waals surface area contributed by atoms with Crippen LogP contribution in [0.3, 0.4) is 0 Å². The summed E-state index contributed by atoms with van der Waals surface area (Å²) in [7, 11) is 1.35. The SMILES string of the molecule is C#CCC1(c2ccc(Cl)cc2)C=CC=CC1NC(=O)c1cn(COC)cc1C(F)(F)F. The Kier molecular flexibility index (Phi) is 6.63. The molecule has 3 rings (SSSR count). The average Bonchev–Trinajstić information content (AvgIpc) is 3.15. The molecule has 0 bridgehead atoms. The summed E-state index contributed by atoms with van der Waals surface area (Å²) in [6.07, 6.45) is 10.2. The Bertz CT molecular complexity index is 1050. The molecule has 2 unspecified atom stereocenters. The molecule has 0 fully saturated rings. The van der Waals surface area contributed by atoms with Crippen molar-refractivity contribution in [3.8, 4) is 12.3 Å². The van der Waals surface area contributed by atoms with Crippen molar-refractivity contribution < 1.29 is 22.7 Å². The van der Waals surface area contributed by atoms with Gasteiger partial charge in [-0.05, 0) is 17.7 Å². The van der Waals surface area contributed by atoms with Gasteiger partial charge >= 0.3 is 6.18 Å². The molecule has 1 aromatic carbocycles. The summed E-state index contributed by atoms with van der Waals surface area (Å²) in [5.41, 5.74) is -1.57. The van der Waals surface area contributed by atoms with Gasteiger partial charge in [-0.3, -0.25) is 4.79 Å². The maximum Gasteiger partial charge on any atom is 0.418 e. The van der Waals surface area contributed by atoms with Crippen LogP contribution in [0.2, 0.25) is 5.02 Å². The number of halogens is 4. The molecule has 1 aliphatic carbocycles. The van der Waals surface area contributed by atoms with Gasteiger partial charge in [0.1, 0.15) is 6.73 Å². The summed E-state index contributed by atoms with van der Waals surface area (Å²) >= 11 is 6.00. The topological polar surface area (TPSA) is 43.3 Å². The zero-order valence-corrected chi connectivity index (χ0v) is 17.4. The number of hydrogen-bond acceptors (Lipinski definition) is 2. The smallest absolute Gasteiger partial charge is 0.364 e. The highest BCUT2D eigenvalue weighted by molar-refractivity contribution is 6.30. The average molecular weight is 449 g/mol. The van der Waals surface area contributed by atoms with E-state index in [0.717, 1.165) is 18.0 Å². The summed E-state index contributed by atoms with van der Waals surface area (Å²) in [5.74, 6) is 1.76. The van der Waals surface area contributed by atoms with E-state index in [2.05, 4.69) is 11.2 Å². The van der Waals surface area contributed by atoms with E-state index in [9.17, 15) is 18.0 Å². The fourth-order valence-corrected chi connectivity index (χ4v) is 3.81. The number of allylic oxidation sites excluding steroid dienone is 2. The predicted molar refractivity (Wildman–Crippen MR) is 113 cm³/mol. The second kappa shape index (κ2) is 9.04. The van der Waals surface area contributed by atoms with Crippen molar-refractivity contribution in [2.45, 2.75) is 30.8 Å². The molecule has 0 radical (unpaired) electrons. The summed E-state index contributed by atoms with van der Waals surface area (Å²) in [6.45, 7) is -0.117. The van der Waals surface area contributed by atoms with Crippen molar-refractivity contribution in [2.75, 3.05) is 7.11 Å². The van der Waals surface area contributed by atoms with Crippen LogP contribution in [-0.4, -0.2) is 23.6 Å². The molecule has 31 heavy (non-hydrogen) atoms. The van der Waals surface area contributed by atoms with E-state index >= 15 is 0 Å². The van der Waals surface area contributed by atoms with Crippen molar-refractivity contribution in [1.29, 1.82) is 0 Å². The van der Waals surface area contributed by atoms with E-state index in [4.69, 9.17) is 22.8 Å². The van der Waals surface area contributed by atoms with E-state index in [1.54, 1.807) is 42.5 Å². The molecule has 0 saturated heterocycles. The highest BCUT2D eigenvalue weighted by Gasteiger charge is 2.41. The number of nitrogens with zero attached hydrogens (tertiary/aromatic N) is 1. The molecule has 0 aliphatic heterocycles. The minimum Gasteiger partial charge on any atom is -0.364 e. The van der Waals surface area contributed by atoms with Gasteiger partial charge in [0.2, 0.25) is 0 Å². The zero-order chi connectivity index (χ0) is 22.6. The molecular weight excluding hydrogens is 429 g/mol. The molecule has 1 N–H and O–H groups in total. The van der Waals surface area contributed by atoms with Crippen LogP contribution in [0, 0.1) is 12.3 Å². The Morgan fingerprint density at radius 3 is 2.61 bits per heavy atom. The van der Waals surface area contributed by atoms with Gasteiger partial charge < -0.3 is 14.6 Å². The van der Waals surface area contributed by atoms with Crippen LogP contribution in [0.4, 0.5) is 13.2 Å². The monoisotopic (exact) mass is 448 g/mol. The summed E-state index contributed by atoms with van der Waals surface area (Å²) in [6, 6.07) is 6.31. The number of terminal acetylenes is 1. The largest absolute Gasteiger partial charge is 0.418 e. The van der Waals surface area contributed by atoms with Crippen LogP contribution in [0.1, 0.15) is 27.9 Å². The molecule has 162 valence electrons. The highest BCUT2D eigenvalue weighted by Crippen LogP contribution is 2.38. The van der Waals surface area contributed by atoms with Crippen LogP contribution in [0.15, 0.2) is 61.0 Å². The quantitative estimate of drug-likeness (QED) is 0.635. The molecule has 1 amide bonds. The number of rotatable bonds is 6. The number of ether oxygens (including phenoxy) is 1. The van der Waals surface area contributed by atoms with Crippen molar-refractivity contribution >= 4 is 17.5 Å². The summed E-state index contributed by atoms with van der Waals surface area (Å²) < 4.78 is 46.6. The van der Waals surface area contributed by atoms with Crippen molar-refractivity contribution in [3.63, 3.8) is 0 Å². The van der Waals surface area contributed by atoms with Gasteiger partial charge in [0.15, 0.2) is 0 Å². The number of hydrogen-bond donors (Lipinski definition) is 1. The Balaban J connectivity index is 1.99. The van der Waals surface area contributed by atoms with Gasteiger partial charge in [-0.15, -0.1) is 12.3 Å². The number of carbonyl (C=O) groups excluding carboxylic acids is 1. The van der Waals surface area contributed by atoms with Crippen molar-refractivity contribution in [1.82, 2.24) is 9.88 Å². The highest BCUT2D eigenvalue weighted by atomic mass is 35.5. The van der Waals surface area contributed by atoms with Gasteiger partial charge in [-0.25, -0.2) is 0 Å². The number of methoxy groups -OCH3 is 1. The molecule has 2 aromatic rings. The predicted octanol–water partition coefficient (Wildman–Crippen LogP) is 4.95. The van der Waals surface area contributed by atoms with Crippen LogP contribution in [0.25, 0.3) is 0 Å². The fourth-order valence-electron chi connectivity index (χ4n) is 3.69. The van der Waals surface area contributed by atoms with E-state index in [-0.39, 0.29) is 13.2 Å². The van der Waals surface area contributed by atoms with Crippen LogP contribution >= 0.6 is 11.6 Å². The molecular formula is C23H20ClF3N2O2. The van der Waals surface area contributed by atoms with Crippen LogP contribution in [0.5, 0.6) is 0 Å². The lowest BCUT2D eigenvalue weighted by atomic mass is 9.69. The first-order chi connectivity index (χ1) is 14.7. The third kappa shape index (κ3) is 4.71. The van der Waals surface area contributed by atoms with E-state index in [1.807, 2.05) is 6.08 Å². The number of carbonyl (C=O) groups is 1. The third-order valence-corrected chi connectivity index (χ3v) is 5.39. The van der Waals surface area contributed by atoms with Gasteiger partial charge in [0, 0.05) is 36.4 Å². The molecule has 8 heteroatoms. The molecule has 1 aliphatic rings. The minimum atomic E-state index is -4.69. The molecule has 0 spiro atoms. The van der Waals surface area contributed by atoms with Gasteiger partial charge in [0.25, 0.3) is 5.91 Å². The number of benzene rings is 1. The first-order valence-electron chi connectivity index (χ1n) is 9.33. The molecule has 2 atom stereocenters. The Morgan fingerprint density at radius 1 is 1.29 bits per heavy atom. The second-order valence-electron chi connectivity index (χ2n) is 7.14. The molecule has 0 saturated carbocycles. The standard InChI is InChI=1S/C23H20ClF3N2O2/c1-3-11-22(16-7-9-17(24)10-8-16)12-5-4-6-20(22)28-21(30)18-13-29(15-31-2)14-19(18)23(25,26)27/h1,4-10,12-14,20H,11,15H2,2H3,(H,28,30). The Hall–Kier alpha value is -2.95. The second-order valence-corrected chi connectivity index (χ2v) is 7.58. The first kappa shape index (κ1) is 22.7. The molecule has 1 aromatic heterocycles. The lowest BCUT2D eigenvalue weighted by molar-refractivity contribution is -0.138. The van der Waals surface area contributed by atoms with Gasteiger partial charge in [-0.1, -0.05) is 48.0 Å². The normalized spacial score (nSPS) is 20.5. The third-order valence-electron chi connectivity index (χ3n) is 5.13. The number of alkyl halides is 3. The van der Waals surface area contributed by atoms with Gasteiger partial charge in [-0.2, -0.15) is 13.2 Å². The number of amides is 1. The number of aromatic nitrogens is 1. The van der Waals surface area contributed by atoms with E-state index in [0.29, 0.717) is 5.02 Å². The summed E-state index contributed by atoms with van der Waals surface area (Å²) in [5, 5.41) is 3.26. The van der Waals surface area contributed by atoms with E-state index in [1.165, 1.54) is 11.7 Å². The van der Waals surface area contributed by atoms with Crippen molar-refractivity contribution in [3.05, 3.63) is 82.7 Å². The fraction of sp³-hybridized carbons (Fsp3) is 0.261. The lowest BCUT2D eigenvalue weighted by Gasteiger charge is -2.38. The maximum absolute atomic E-state index is 13.5. The van der Waals surface area contributed by atoms with Crippen LogP contribution < -0.4 is 5.32 Å². The van der Waals surface area contributed by atoms with Gasteiger partial charge in [0.05, 0.1) is 17.2 Å². The zero-order valence-electron chi connectivity index (χ0n) is 16.6. The molecule has 4 nitrogen and oxygen atoms in total. The maximum atomic E-state index is 13.5. The lowest BCUT2D eigenvalue weighted by Crippen LogP contribution is -2.49. The van der Waals surface area contributed by atoms with E-state index < -0.39 is 34.7 Å². The first-order valence-corrected chi connectivity index (χ1v) is 9.71. The Morgan fingerprint density at radius 2 is 2.00 bits per heavy atom. The molecule has 1 heterocycles.